The summed E-state index contributed by atoms with van der Waals surface area (Å²) in [5.74, 6) is 2.35. The van der Waals surface area contributed by atoms with Crippen molar-refractivity contribution in [3.8, 4) is 12.3 Å². The Morgan fingerprint density at radius 1 is 1.65 bits per heavy atom. The molecule has 1 fully saturated rings. The zero-order valence-corrected chi connectivity index (χ0v) is 9.03. The summed E-state index contributed by atoms with van der Waals surface area (Å²) in [6.07, 6.45) is 8.67. The molecule has 0 radical (unpaired) electrons. The molecule has 2 rings (SSSR count). The number of terminal acetylenes is 1. The van der Waals surface area contributed by atoms with Gasteiger partial charge in [0.05, 0.1) is 5.56 Å². The second-order valence-corrected chi connectivity index (χ2v) is 3.70. The van der Waals surface area contributed by atoms with Gasteiger partial charge >= 0.3 is 11.8 Å². The molecule has 1 heterocycles. The van der Waals surface area contributed by atoms with E-state index in [1.807, 2.05) is 0 Å². The molecule has 1 aliphatic rings. The van der Waals surface area contributed by atoms with Crippen LogP contribution in [0.1, 0.15) is 24.8 Å². The van der Waals surface area contributed by atoms with Crippen LogP contribution in [-0.4, -0.2) is 22.2 Å². The number of rotatable bonds is 2. The molecule has 2 N–H and O–H groups in total. The van der Waals surface area contributed by atoms with E-state index in [0.717, 1.165) is 19.3 Å². The maximum Gasteiger partial charge on any atom is 0.413 e. The summed E-state index contributed by atoms with van der Waals surface area (Å²) < 4.78 is 5.06. The van der Waals surface area contributed by atoms with E-state index in [1.165, 1.54) is 6.20 Å². The number of aromatic amines is 1. The predicted octanol–water partition coefficient (Wildman–Crippen LogP) is 0.852. The van der Waals surface area contributed by atoms with E-state index in [-0.39, 0.29) is 11.9 Å². The quantitative estimate of drug-likeness (QED) is 0.742. The van der Waals surface area contributed by atoms with Gasteiger partial charge in [0.15, 0.2) is 5.82 Å². The summed E-state index contributed by atoms with van der Waals surface area (Å²) in [7, 11) is 0. The van der Waals surface area contributed by atoms with E-state index < -0.39 is 11.8 Å². The van der Waals surface area contributed by atoms with Crippen molar-refractivity contribution < 1.29 is 9.53 Å². The number of nitrogens with zero attached hydrogens (tertiary/aromatic N) is 1. The molecule has 6 nitrogen and oxygen atoms in total. The number of amides is 1. The van der Waals surface area contributed by atoms with Gasteiger partial charge in [0, 0.05) is 6.20 Å². The third-order valence-electron chi connectivity index (χ3n) is 2.51. The van der Waals surface area contributed by atoms with Crippen LogP contribution in [0.15, 0.2) is 11.0 Å². The molecule has 0 spiro atoms. The molecule has 1 aromatic heterocycles. The number of nitrogens with one attached hydrogen (secondary N) is 2. The van der Waals surface area contributed by atoms with Crippen molar-refractivity contribution in [2.24, 2.45) is 0 Å². The highest BCUT2D eigenvalue weighted by Crippen LogP contribution is 2.22. The van der Waals surface area contributed by atoms with Crippen molar-refractivity contribution in [2.75, 3.05) is 5.32 Å². The minimum Gasteiger partial charge on any atom is -0.446 e. The summed E-state index contributed by atoms with van der Waals surface area (Å²) in [5, 5.41) is 2.37. The van der Waals surface area contributed by atoms with Gasteiger partial charge in [-0.05, 0) is 19.3 Å². The molecule has 0 unspecified atom stereocenters. The number of hydrogen-bond acceptors (Lipinski definition) is 4. The zero-order valence-electron chi connectivity index (χ0n) is 9.03. The number of hydrogen-bond donors (Lipinski definition) is 2. The lowest BCUT2D eigenvalue weighted by Crippen LogP contribution is -2.29. The fourth-order valence-corrected chi connectivity index (χ4v) is 1.37. The molecule has 0 saturated heterocycles. The van der Waals surface area contributed by atoms with Crippen LogP contribution in [0.4, 0.5) is 10.6 Å². The normalized spacial score (nSPS) is 14.5. The first-order valence-electron chi connectivity index (χ1n) is 5.23. The first-order chi connectivity index (χ1) is 8.19. The monoisotopic (exact) mass is 233 g/mol. The fraction of sp³-hybridized carbons (Fsp3) is 0.364. The van der Waals surface area contributed by atoms with Crippen molar-refractivity contribution in [3.63, 3.8) is 0 Å². The molecular formula is C11H11N3O3. The minimum absolute atomic E-state index is 0.0358. The fourth-order valence-electron chi connectivity index (χ4n) is 1.37. The van der Waals surface area contributed by atoms with Crippen LogP contribution in [0, 0.1) is 12.3 Å². The second kappa shape index (κ2) is 4.70. The van der Waals surface area contributed by atoms with Crippen molar-refractivity contribution >= 4 is 11.9 Å². The van der Waals surface area contributed by atoms with Gasteiger partial charge in [-0.3, -0.25) is 5.32 Å². The van der Waals surface area contributed by atoms with Crippen LogP contribution in [0.2, 0.25) is 0 Å². The SMILES string of the molecule is C#Cc1c[nH]c(=O)nc1NC(=O)OC1CCC1. The van der Waals surface area contributed by atoms with Crippen molar-refractivity contribution in [3.05, 3.63) is 22.2 Å². The number of carbonyl (C=O) groups excluding carboxylic acids is 1. The van der Waals surface area contributed by atoms with Gasteiger partial charge in [-0.25, -0.2) is 9.59 Å². The van der Waals surface area contributed by atoms with Crippen LogP contribution in [0.3, 0.4) is 0 Å². The van der Waals surface area contributed by atoms with E-state index in [1.54, 1.807) is 0 Å². The molecule has 6 heteroatoms. The number of aromatic nitrogens is 2. The third-order valence-corrected chi connectivity index (χ3v) is 2.51. The van der Waals surface area contributed by atoms with E-state index in [9.17, 15) is 9.59 Å². The van der Waals surface area contributed by atoms with Gasteiger partial charge in [0.2, 0.25) is 0 Å². The lowest BCUT2D eigenvalue weighted by atomic mass is 9.96. The van der Waals surface area contributed by atoms with Gasteiger partial charge in [-0.15, -0.1) is 6.42 Å². The number of carbonyl (C=O) groups is 1. The third kappa shape index (κ3) is 2.64. The summed E-state index contributed by atoms with van der Waals surface area (Å²) in [6.45, 7) is 0. The standard InChI is InChI=1S/C11H11N3O3/c1-2-7-6-12-10(15)13-9(7)14-11(16)17-8-4-3-5-8/h1,6,8H,3-5H2,(H2,12,13,14,15,16). The average molecular weight is 233 g/mol. The van der Waals surface area contributed by atoms with Gasteiger partial charge in [-0.1, -0.05) is 5.92 Å². The number of anilines is 1. The first kappa shape index (κ1) is 11.2. The highest BCUT2D eigenvalue weighted by atomic mass is 16.6. The van der Waals surface area contributed by atoms with E-state index in [2.05, 4.69) is 21.2 Å². The smallest absolute Gasteiger partial charge is 0.413 e. The molecular weight excluding hydrogens is 222 g/mol. The lowest BCUT2D eigenvalue weighted by Gasteiger charge is -2.24. The molecule has 1 saturated carbocycles. The Bertz CT molecular complexity index is 525. The van der Waals surface area contributed by atoms with Crippen LogP contribution in [0.5, 0.6) is 0 Å². The molecule has 0 atom stereocenters. The van der Waals surface area contributed by atoms with Gasteiger partial charge in [-0.2, -0.15) is 4.98 Å². The molecule has 0 aromatic carbocycles. The highest BCUT2D eigenvalue weighted by molar-refractivity contribution is 5.85. The molecule has 17 heavy (non-hydrogen) atoms. The summed E-state index contributed by atoms with van der Waals surface area (Å²) in [6, 6.07) is 0. The Labute approximate surface area is 97.4 Å². The Morgan fingerprint density at radius 2 is 2.41 bits per heavy atom. The van der Waals surface area contributed by atoms with Gasteiger partial charge < -0.3 is 9.72 Å². The van der Waals surface area contributed by atoms with Gasteiger partial charge in [0.1, 0.15) is 6.10 Å². The number of ether oxygens (including phenoxy) is 1. The number of H-pyrrole nitrogens is 1. The zero-order chi connectivity index (χ0) is 12.3. The topological polar surface area (TPSA) is 84.1 Å². The largest absolute Gasteiger partial charge is 0.446 e. The molecule has 0 bridgehead atoms. The van der Waals surface area contributed by atoms with Crippen LogP contribution in [-0.2, 0) is 4.74 Å². The summed E-state index contributed by atoms with van der Waals surface area (Å²) >= 11 is 0. The average Bonchev–Trinajstić information content (AvgIpc) is 2.24. The van der Waals surface area contributed by atoms with E-state index in [0.29, 0.717) is 5.56 Å². The van der Waals surface area contributed by atoms with Crippen molar-refractivity contribution in [2.45, 2.75) is 25.4 Å². The van der Waals surface area contributed by atoms with Crippen molar-refractivity contribution in [1.82, 2.24) is 9.97 Å². The van der Waals surface area contributed by atoms with Crippen molar-refractivity contribution in [1.29, 1.82) is 0 Å². The molecule has 0 aliphatic heterocycles. The van der Waals surface area contributed by atoms with E-state index in [4.69, 9.17) is 11.2 Å². The van der Waals surface area contributed by atoms with Gasteiger partial charge in [0.25, 0.3) is 0 Å². The lowest BCUT2D eigenvalue weighted by molar-refractivity contribution is 0.0623. The summed E-state index contributed by atoms with van der Waals surface area (Å²) in [5.41, 5.74) is -0.280. The maximum atomic E-state index is 11.4. The molecule has 1 amide bonds. The first-order valence-corrected chi connectivity index (χ1v) is 5.23. The highest BCUT2D eigenvalue weighted by Gasteiger charge is 2.22. The summed E-state index contributed by atoms with van der Waals surface area (Å²) in [4.78, 5) is 28.3. The second-order valence-electron chi connectivity index (χ2n) is 3.70. The Balaban J connectivity index is 2.06. The molecule has 1 aromatic rings. The van der Waals surface area contributed by atoms with E-state index >= 15 is 0 Å². The maximum absolute atomic E-state index is 11.4. The Hall–Kier alpha value is -2.29. The van der Waals surface area contributed by atoms with Crippen LogP contribution >= 0.6 is 0 Å². The Morgan fingerprint density at radius 3 is 3.00 bits per heavy atom. The minimum atomic E-state index is -0.635. The Kier molecular flexibility index (Phi) is 3.10. The molecule has 88 valence electrons. The predicted molar refractivity (Wildman–Crippen MR) is 60.5 cm³/mol. The van der Waals surface area contributed by atoms with Crippen LogP contribution in [0.25, 0.3) is 0 Å². The molecule has 1 aliphatic carbocycles. The van der Waals surface area contributed by atoms with Crippen LogP contribution < -0.4 is 11.0 Å².